The molecule has 3 heterocycles. The minimum atomic E-state index is -0.528. The van der Waals surface area contributed by atoms with Gasteiger partial charge < -0.3 is 9.72 Å². The second kappa shape index (κ2) is 7.52. The number of amides is 3. The first-order valence-electron chi connectivity index (χ1n) is 11.1. The van der Waals surface area contributed by atoms with Crippen LogP contribution in [-0.2, 0) is 17.8 Å². The Morgan fingerprint density at radius 2 is 1.67 bits per heavy atom. The summed E-state index contributed by atoms with van der Waals surface area (Å²) in [7, 11) is 1.63. The van der Waals surface area contributed by atoms with Crippen LogP contribution in [0, 0.1) is 0 Å². The number of aromatic amines is 1. The zero-order valence-corrected chi connectivity index (χ0v) is 18.2. The van der Waals surface area contributed by atoms with Gasteiger partial charge in [0.2, 0.25) is 0 Å². The lowest BCUT2D eigenvalue weighted by Crippen LogP contribution is -2.44. The van der Waals surface area contributed by atoms with E-state index in [1.165, 1.54) is 4.90 Å². The predicted molar refractivity (Wildman–Crippen MR) is 125 cm³/mol. The smallest absolute Gasteiger partial charge is 0.328 e. The van der Waals surface area contributed by atoms with E-state index < -0.39 is 6.04 Å². The number of H-pyrrole nitrogens is 1. The molecule has 4 aromatic rings. The number of para-hydroxylation sites is 1. The molecule has 2 aliphatic rings. The van der Waals surface area contributed by atoms with Crippen molar-refractivity contribution in [3.05, 3.63) is 101 Å². The minimum Gasteiger partial charge on any atom is -0.497 e. The highest BCUT2D eigenvalue weighted by Crippen LogP contribution is 2.44. The molecule has 164 valence electrons. The van der Waals surface area contributed by atoms with E-state index in [-0.39, 0.29) is 24.5 Å². The maximum absolute atomic E-state index is 13.7. The van der Waals surface area contributed by atoms with Crippen LogP contribution in [0.25, 0.3) is 10.9 Å². The van der Waals surface area contributed by atoms with Crippen molar-refractivity contribution in [1.29, 1.82) is 0 Å². The molecule has 6 heteroatoms. The average Bonchev–Trinajstić information content (AvgIpc) is 3.34. The normalized spacial score (nSPS) is 19.7. The van der Waals surface area contributed by atoms with Gasteiger partial charge in [-0.2, -0.15) is 0 Å². The van der Waals surface area contributed by atoms with Crippen LogP contribution in [-0.4, -0.2) is 39.9 Å². The van der Waals surface area contributed by atoms with Gasteiger partial charge in [0.05, 0.1) is 13.7 Å². The molecular formula is C27H23N3O3. The number of carbonyl (C=O) groups is 2. The van der Waals surface area contributed by atoms with Gasteiger partial charge in [-0.25, -0.2) is 4.79 Å². The van der Waals surface area contributed by atoms with Crippen LogP contribution in [0.5, 0.6) is 5.75 Å². The quantitative estimate of drug-likeness (QED) is 0.473. The van der Waals surface area contributed by atoms with E-state index in [0.29, 0.717) is 6.42 Å². The van der Waals surface area contributed by atoms with Gasteiger partial charge in [-0.1, -0.05) is 60.7 Å². The van der Waals surface area contributed by atoms with Crippen LogP contribution in [0.1, 0.15) is 28.4 Å². The molecule has 0 saturated carbocycles. The van der Waals surface area contributed by atoms with E-state index in [9.17, 15) is 9.59 Å². The van der Waals surface area contributed by atoms with Gasteiger partial charge in [-0.3, -0.25) is 14.6 Å². The van der Waals surface area contributed by atoms with Crippen molar-refractivity contribution in [1.82, 2.24) is 14.8 Å². The standard InChI is InChI=1S/C27H23N3O3/c1-33-19-13-11-18(12-14-19)25-24-21(20-9-5-6-10-22(20)28-24)15-23-26(31)29(27(32)30(23)25)16-17-7-3-2-4-8-17/h2-14,23,25,28H,15-16H2,1H3. The third-order valence-corrected chi connectivity index (χ3v) is 6.75. The number of methoxy groups -OCH3 is 1. The van der Waals surface area contributed by atoms with Crippen LogP contribution in [0.3, 0.4) is 0 Å². The Kier molecular flexibility index (Phi) is 4.47. The first-order valence-corrected chi connectivity index (χ1v) is 11.1. The number of benzene rings is 3. The molecule has 33 heavy (non-hydrogen) atoms. The molecule has 0 spiro atoms. The highest BCUT2D eigenvalue weighted by Gasteiger charge is 2.52. The van der Waals surface area contributed by atoms with E-state index in [2.05, 4.69) is 11.1 Å². The van der Waals surface area contributed by atoms with Crippen LogP contribution in [0.15, 0.2) is 78.9 Å². The van der Waals surface area contributed by atoms with E-state index >= 15 is 0 Å². The Morgan fingerprint density at radius 3 is 2.42 bits per heavy atom. The van der Waals surface area contributed by atoms with Crippen LogP contribution in [0.2, 0.25) is 0 Å². The lowest BCUT2D eigenvalue weighted by atomic mass is 9.89. The van der Waals surface area contributed by atoms with Gasteiger partial charge in [-0.15, -0.1) is 0 Å². The summed E-state index contributed by atoms with van der Waals surface area (Å²) in [6, 6.07) is 24.3. The van der Waals surface area contributed by atoms with Gasteiger partial charge in [0.25, 0.3) is 5.91 Å². The number of nitrogens with zero attached hydrogens (tertiary/aromatic N) is 2. The fraction of sp³-hybridized carbons (Fsp3) is 0.185. The summed E-state index contributed by atoms with van der Waals surface area (Å²) in [5.41, 5.74) is 4.97. The van der Waals surface area contributed by atoms with Crippen LogP contribution < -0.4 is 4.74 Å². The number of rotatable bonds is 4. The number of aromatic nitrogens is 1. The monoisotopic (exact) mass is 437 g/mol. The third kappa shape index (κ3) is 3.02. The largest absolute Gasteiger partial charge is 0.497 e. The second-order valence-electron chi connectivity index (χ2n) is 8.56. The van der Waals surface area contributed by atoms with E-state index in [4.69, 9.17) is 4.74 Å². The molecule has 6 rings (SSSR count). The second-order valence-corrected chi connectivity index (χ2v) is 8.56. The summed E-state index contributed by atoms with van der Waals surface area (Å²) >= 11 is 0. The third-order valence-electron chi connectivity index (χ3n) is 6.75. The molecule has 3 aromatic carbocycles. The molecule has 0 aliphatic carbocycles. The fourth-order valence-corrected chi connectivity index (χ4v) is 5.17. The number of ether oxygens (including phenoxy) is 1. The van der Waals surface area contributed by atoms with Crippen molar-refractivity contribution in [3.8, 4) is 5.75 Å². The molecule has 2 atom stereocenters. The zero-order chi connectivity index (χ0) is 22.5. The Balaban J connectivity index is 1.48. The topological polar surface area (TPSA) is 65.6 Å². The summed E-state index contributed by atoms with van der Waals surface area (Å²) in [6.07, 6.45) is 0.502. The minimum absolute atomic E-state index is 0.140. The Hall–Kier alpha value is -4.06. The number of urea groups is 1. The first-order chi connectivity index (χ1) is 16.2. The summed E-state index contributed by atoms with van der Waals surface area (Å²) in [6.45, 7) is 0.273. The van der Waals surface area contributed by atoms with Crippen molar-refractivity contribution < 1.29 is 14.3 Å². The molecule has 2 unspecified atom stereocenters. The molecule has 1 aromatic heterocycles. The van der Waals surface area contributed by atoms with E-state index in [0.717, 1.165) is 39.0 Å². The number of hydrogen-bond donors (Lipinski definition) is 1. The molecular weight excluding hydrogens is 414 g/mol. The average molecular weight is 437 g/mol. The Morgan fingerprint density at radius 1 is 0.939 bits per heavy atom. The highest BCUT2D eigenvalue weighted by molar-refractivity contribution is 6.05. The molecule has 2 aliphatic heterocycles. The number of hydrogen-bond acceptors (Lipinski definition) is 3. The van der Waals surface area contributed by atoms with Gasteiger partial charge in [0.1, 0.15) is 17.8 Å². The SMILES string of the molecule is COc1ccc(C2c3[nH]c4ccccc4c3CC3C(=O)N(Cc4ccccc4)C(=O)N32)cc1. The number of fused-ring (bicyclic) bond motifs is 4. The first kappa shape index (κ1) is 19.6. The Labute approximate surface area is 191 Å². The highest BCUT2D eigenvalue weighted by atomic mass is 16.5. The van der Waals surface area contributed by atoms with Crippen molar-refractivity contribution in [2.45, 2.75) is 25.0 Å². The van der Waals surface area contributed by atoms with E-state index in [1.807, 2.05) is 72.8 Å². The van der Waals surface area contributed by atoms with Crippen molar-refractivity contribution in [2.75, 3.05) is 7.11 Å². The predicted octanol–water partition coefficient (Wildman–Crippen LogP) is 4.66. The maximum Gasteiger partial charge on any atom is 0.328 e. The van der Waals surface area contributed by atoms with Crippen LogP contribution >= 0.6 is 0 Å². The molecule has 3 amide bonds. The number of nitrogens with one attached hydrogen (secondary N) is 1. The van der Waals surface area contributed by atoms with Crippen molar-refractivity contribution in [3.63, 3.8) is 0 Å². The zero-order valence-electron chi connectivity index (χ0n) is 18.2. The summed E-state index contributed by atoms with van der Waals surface area (Å²) in [4.78, 5) is 33.9. The van der Waals surface area contributed by atoms with Gasteiger partial charge in [-0.05, 0) is 34.9 Å². The molecule has 1 fully saturated rings. The summed E-state index contributed by atoms with van der Waals surface area (Å²) in [5.74, 6) is 0.607. The molecule has 1 N–H and O–H groups in total. The number of imide groups is 1. The van der Waals surface area contributed by atoms with Gasteiger partial charge in [0, 0.05) is 23.0 Å². The van der Waals surface area contributed by atoms with Crippen molar-refractivity contribution >= 4 is 22.8 Å². The van der Waals surface area contributed by atoms with Gasteiger partial charge >= 0.3 is 6.03 Å². The summed E-state index contributed by atoms with van der Waals surface area (Å²) < 4.78 is 5.33. The summed E-state index contributed by atoms with van der Waals surface area (Å²) in [5, 5.41) is 1.10. The lowest BCUT2D eigenvalue weighted by Gasteiger charge is -2.36. The van der Waals surface area contributed by atoms with Crippen molar-refractivity contribution in [2.24, 2.45) is 0 Å². The lowest BCUT2D eigenvalue weighted by molar-refractivity contribution is -0.129. The molecule has 1 saturated heterocycles. The maximum atomic E-state index is 13.7. The number of carbonyl (C=O) groups excluding carboxylic acids is 2. The molecule has 6 nitrogen and oxygen atoms in total. The van der Waals surface area contributed by atoms with E-state index in [1.54, 1.807) is 12.0 Å². The molecule has 0 radical (unpaired) electrons. The van der Waals surface area contributed by atoms with Crippen LogP contribution in [0.4, 0.5) is 4.79 Å². The van der Waals surface area contributed by atoms with Gasteiger partial charge in [0.15, 0.2) is 0 Å². The fourth-order valence-electron chi connectivity index (χ4n) is 5.17. The Bertz CT molecular complexity index is 1360. The molecule has 0 bridgehead atoms.